The van der Waals surface area contributed by atoms with Gasteiger partial charge in [-0.1, -0.05) is 51.7 Å². The lowest BCUT2D eigenvalue weighted by molar-refractivity contribution is -0.141. The summed E-state index contributed by atoms with van der Waals surface area (Å²) in [7, 11) is 0. The number of hydrogen-bond donors (Lipinski definition) is 0. The quantitative estimate of drug-likeness (QED) is 0.150. The molecular weight excluding hydrogens is 324 g/mol. The number of allylic oxidation sites excluding steroid dienone is 3. The predicted molar refractivity (Wildman–Crippen MR) is 111 cm³/mol. The van der Waals surface area contributed by atoms with Gasteiger partial charge in [-0.25, -0.2) is 4.79 Å². The number of rotatable bonds is 14. The molecule has 26 heavy (non-hydrogen) atoms. The molecule has 0 spiro atoms. The average molecular weight is 367 g/mol. The van der Waals surface area contributed by atoms with Gasteiger partial charge in [0.05, 0.1) is 11.7 Å². The molecule has 0 fully saturated rings. The van der Waals surface area contributed by atoms with Gasteiger partial charge in [-0.2, -0.15) is 0 Å². The van der Waals surface area contributed by atoms with Gasteiger partial charge < -0.3 is 9.47 Å². The zero-order valence-electron chi connectivity index (χ0n) is 18.3. The van der Waals surface area contributed by atoms with Gasteiger partial charge >= 0.3 is 5.97 Å². The Morgan fingerprint density at radius 2 is 1.81 bits per heavy atom. The smallest absolute Gasteiger partial charge is 0.331 e. The average Bonchev–Trinajstić information content (AvgIpc) is 2.50. The van der Waals surface area contributed by atoms with Crippen LogP contribution >= 0.6 is 0 Å². The molecular formula is C23H42O3. The zero-order chi connectivity index (χ0) is 20.0. The van der Waals surface area contributed by atoms with Crippen molar-refractivity contribution in [2.75, 3.05) is 6.61 Å². The largest absolute Gasteiger partial charge is 0.460 e. The summed E-state index contributed by atoms with van der Waals surface area (Å²) in [6.07, 6.45) is 13.8. The molecule has 0 aliphatic rings. The second-order valence-electron chi connectivity index (χ2n) is 8.32. The molecule has 0 aliphatic heterocycles. The molecule has 0 aromatic heterocycles. The number of unbranched alkanes of at least 4 members (excludes halogenated alkanes) is 2. The van der Waals surface area contributed by atoms with Crippen molar-refractivity contribution in [1.82, 2.24) is 0 Å². The molecule has 1 unspecified atom stereocenters. The van der Waals surface area contributed by atoms with Crippen molar-refractivity contribution in [2.45, 2.75) is 105 Å². The van der Waals surface area contributed by atoms with E-state index in [2.05, 4.69) is 33.8 Å². The Morgan fingerprint density at radius 1 is 1.12 bits per heavy atom. The Bertz CT molecular complexity index is 433. The molecule has 0 radical (unpaired) electrons. The molecule has 0 heterocycles. The second kappa shape index (κ2) is 14.0. The first-order valence-electron chi connectivity index (χ1n) is 10.4. The Kier molecular flexibility index (Phi) is 13.4. The lowest BCUT2D eigenvalue weighted by Gasteiger charge is -2.26. The molecule has 0 aromatic rings. The Morgan fingerprint density at radius 3 is 2.42 bits per heavy atom. The van der Waals surface area contributed by atoms with Crippen LogP contribution in [0.1, 0.15) is 93.4 Å². The van der Waals surface area contributed by atoms with Crippen molar-refractivity contribution in [3.8, 4) is 0 Å². The van der Waals surface area contributed by atoms with Crippen LogP contribution in [0.2, 0.25) is 0 Å². The highest BCUT2D eigenvalue weighted by atomic mass is 16.5. The van der Waals surface area contributed by atoms with Crippen LogP contribution in [0.15, 0.2) is 23.8 Å². The fraction of sp³-hybridized carbons (Fsp3) is 0.783. The number of esters is 1. The highest BCUT2D eigenvalue weighted by molar-refractivity contribution is 5.83. The minimum absolute atomic E-state index is 0.0145. The summed E-state index contributed by atoms with van der Waals surface area (Å²) in [6.45, 7) is 15.4. The van der Waals surface area contributed by atoms with Gasteiger partial charge in [0, 0.05) is 12.7 Å². The van der Waals surface area contributed by atoms with Crippen LogP contribution < -0.4 is 0 Å². The maximum absolute atomic E-state index is 11.6. The summed E-state index contributed by atoms with van der Waals surface area (Å²) in [4.78, 5) is 11.6. The first-order valence-corrected chi connectivity index (χ1v) is 10.4. The molecule has 0 N–H and O–H groups in total. The summed E-state index contributed by atoms with van der Waals surface area (Å²) in [5.74, 6) is 0.369. The van der Waals surface area contributed by atoms with Gasteiger partial charge in [-0.05, 0) is 65.4 Å². The number of carbonyl (C=O) groups is 1. The number of hydrogen-bond acceptors (Lipinski definition) is 3. The Balaban J connectivity index is 4.02. The van der Waals surface area contributed by atoms with Gasteiger partial charge in [0.1, 0.15) is 0 Å². The predicted octanol–water partition coefficient (Wildman–Crippen LogP) is 6.62. The highest BCUT2D eigenvalue weighted by Crippen LogP contribution is 2.22. The summed E-state index contributed by atoms with van der Waals surface area (Å²) in [6, 6.07) is 0. The number of ether oxygens (including phenoxy) is 2. The van der Waals surface area contributed by atoms with Crippen LogP contribution in [0.3, 0.4) is 0 Å². The molecule has 0 aromatic carbocycles. The zero-order valence-corrected chi connectivity index (χ0v) is 18.3. The molecule has 3 nitrogen and oxygen atoms in total. The van der Waals surface area contributed by atoms with Crippen molar-refractivity contribution in [2.24, 2.45) is 5.92 Å². The van der Waals surface area contributed by atoms with Gasteiger partial charge in [0.2, 0.25) is 0 Å². The van der Waals surface area contributed by atoms with E-state index in [1.165, 1.54) is 32.1 Å². The van der Waals surface area contributed by atoms with Crippen molar-refractivity contribution in [3.63, 3.8) is 0 Å². The molecule has 0 aliphatic carbocycles. The Hall–Kier alpha value is -1.09. The van der Waals surface area contributed by atoms with Crippen molar-refractivity contribution >= 4 is 5.97 Å². The Labute approximate surface area is 162 Å². The van der Waals surface area contributed by atoms with Gasteiger partial charge in [-0.15, -0.1) is 0 Å². The summed E-state index contributed by atoms with van der Waals surface area (Å²) >= 11 is 0. The summed E-state index contributed by atoms with van der Waals surface area (Å²) < 4.78 is 11.1. The molecule has 0 bridgehead atoms. The minimum atomic E-state index is -0.267. The van der Waals surface area contributed by atoms with E-state index in [0.29, 0.717) is 5.92 Å². The van der Waals surface area contributed by atoms with E-state index >= 15 is 0 Å². The molecule has 152 valence electrons. The van der Waals surface area contributed by atoms with Crippen LogP contribution in [0.25, 0.3) is 0 Å². The van der Waals surface area contributed by atoms with Crippen molar-refractivity contribution < 1.29 is 14.3 Å². The molecule has 1 atom stereocenters. The second-order valence-corrected chi connectivity index (χ2v) is 8.32. The van der Waals surface area contributed by atoms with Crippen LogP contribution in [0.4, 0.5) is 0 Å². The normalized spacial score (nSPS) is 14.2. The molecule has 0 saturated carbocycles. The number of carbonyl (C=O) groups excluding carboxylic acids is 1. The summed E-state index contributed by atoms with van der Waals surface area (Å²) in [5.41, 5.74) is 0.920. The van der Waals surface area contributed by atoms with Gasteiger partial charge in [0.25, 0.3) is 0 Å². The third kappa shape index (κ3) is 15.2. The van der Waals surface area contributed by atoms with Crippen molar-refractivity contribution in [3.05, 3.63) is 23.8 Å². The fourth-order valence-corrected chi connectivity index (χ4v) is 2.75. The van der Waals surface area contributed by atoms with Crippen LogP contribution in [0.5, 0.6) is 0 Å². The van der Waals surface area contributed by atoms with E-state index < -0.39 is 0 Å². The third-order valence-corrected chi connectivity index (χ3v) is 4.33. The topological polar surface area (TPSA) is 35.5 Å². The molecule has 0 amide bonds. The van der Waals surface area contributed by atoms with E-state index in [4.69, 9.17) is 9.47 Å². The monoisotopic (exact) mass is 366 g/mol. The van der Waals surface area contributed by atoms with E-state index in [9.17, 15) is 4.79 Å². The lowest BCUT2D eigenvalue weighted by Crippen LogP contribution is -2.25. The maximum atomic E-state index is 11.6. The maximum Gasteiger partial charge on any atom is 0.331 e. The van der Waals surface area contributed by atoms with Crippen LogP contribution in [-0.2, 0) is 14.3 Å². The first kappa shape index (κ1) is 24.9. The summed E-state index contributed by atoms with van der Waals surface area (Å²) in [5, 5.41) is 0. The van der Waals surface area contributed by atoms with Gasteiger partial charge in [0.15, 0.2) is 0 Å². The lowest BCUT2D eigenvalue weighted by atomic mass is 9.94. The van der Waals surface area contributed by atoms with Gasteiger partial charge in [-0.3, -0.25) is 0 Å². The SMILES string of the molecule is CCCCCOC(C)(C)CCCC(C)CC=CC(C)=CC(=O)OC(C)C. The highest BCUT2D eigenvalue weighted by Gasteiger charge is 2.17. The minimum Gasteiger partial charge on any atom is -0.460 e. The van der Waals surface area contributed by atoms with E-state index in [-0.39, 0.29) is 17.7 Å². The van der Waals surface area contributed by atoms with E-state index in [1.54, 1.807) is 6.08 Å². The van der Waals surface area contributed by atoms with Crippen molar-refractivity contribution in [1.29, 1.82) is 0 Å². The first-order chi connectivity index (χ1) is 12.2. The molecule has 0 saturated heterocycles. The van der Waals surface area contributed by atoms with Crippen LogP contribution in [0, 0.1) is 5.92 Å². The standard InChI is InChI=1S/C23H42O3/c1-8-9-10-17-25-23(6,7)16-12-15-20(4)13-11-14-21(5)18-22(24)26-19(2)3/h11,14,18-20H,8-10,12-13,15-17H2,1-7H3. The third-order valence-electron chi connectivity index (χ3n) is 4.33. The molecule has 0 rings (SSSR count). The van der Waals surface area contributed by atoms with E-state index in [0.717, 1.165) is 25.0 Å². The van der Waals surface area contributed by atoms with Crippen LogP contribution in [-0.4, -0.2) is 24.3 Å². The van der Waals surface area contributed by atoms with E-state index in [1.807, 2.05) is 26.8 Å². The fourth-order valence-electron chi connectivity index (χ4n) is 2.75. The molecule has 3 heteroatoms.